The van der Waals surface area contributed by atoms with Gasteiger partial charge < -0.3 is 9.47 Å². The van der Waals surface area contributed by atoms with Crippen molar-refractivity contribution in [2.45, 2.75) is 6.73 Å². The summed E-state index contributed by atoms with van der Waals surface area (Å²) in [6, 6.07) is 0. The highest BCUT2D eigenvalue weighted by Gasteiger charge is 2.06. The van der Waals surface area contributed by atoms with E-state index in [1.165, 1.54) is 0 Å². The number of aromatic nitrogens is 2. The number of hydrogen-bond donors (Lipinski definition) is 0. The Morgan fingerprint density at radius 3 is 2.80 bits per heavy atom. The van der Waals surface area contributed by atoms with Gasteiger partial charge in [-0.3, -0.25) is 0 Å². The number of nitrogens with zero attached hydrogens (tertiary/aromatic N) is 2. The van der Waals surface area contributed by atoms with Crippen LogP contribution in [0.3, 0.4) is 0 Å². The zero-order valence-electron chi connectivity index (χ0n) is 9.20. The van der Waals surface area contributed by atoms with Gasteiger partial charge in [0.25, 0.3) is 0 Å². The number of halogens is 1. The van der Waals surface area contributed by atoms with Gasteiger partial charge in [0.15, 0.2) is 10.4 Å². The van der Waals surface area contributed by atoms with Crippen molar-refractivity contribution in [2.24, 2.45) is 0 Å². The average molecular weight is 296 g/mol. The van der Waals surface area contributed by atoms with E-state index in [0.29, 0.717) is 22.2 Å². The largest absolute Gasteiger partial charge is 0.492 e. The van der Waals surface area contributed by atoms with Gasteiger partial charge in [-0.1, -0.05) is 0 Å². The van der Waals surface area contributed by atoms with Crippen LogP contribution in [0.2, 0.25) is 0 Å². The van der Waals surface area contributed by atoms with Crippen LogP contribution < -0.4 is 4.74 Å². The molecule has 0 aromatic carbocycles. The molecule has 0 saturated carbocycles. The summed E-state index contributed by atoms with van der Waals surface area (Å²) in [7, 11) is 2.06. The van der Waals surface area contributed by atoms with Crippen LogP contribution in [-0.2, 0) is 22.4 Å². The topological polar surface area (TPSA) is 36.3 Å². The van der Waals surface area contributed by atoms with E-state index in [9.17, 15) is 0 Å². The Balaban J connectivity index is 2.31. The Bertz CT molecular complexity index is 304. The Kier molecular flexibility index (Phi) is 5.49. The third-order valence-corrected chi connectivity index (χ3v) is 3.30. The molecule has 1 aromatic heterocycles. The highest BCUT2D eigenvalue weighted by Crippen LogP contribution is 2.21. The lowest BCUT2D eigenvalue weighted by atomic mass is 10.7. The molecule has 1 rings (SSSR count). The number of methoxy groups -OCH3 is 1. The van der Waals surface area contributed by atoms with Crippen molar-refractivity contribution in [3.8, 4) is 5.75 Å². The summed E-state index contributed by atoms with van der Waals surface area (Å²) in [4.78, 5) is 0. The molecule has 0 bridgehead atoms. The third-order valence-electron chi connectivity index (χ3n) is 1.77. The Morgan fingerprint density at radius 1 is 1.53 bits per heavy atom. The van der Waals surface area contributed by atoms with E-state index in [0.717, 1.165) is 18.1 Å². The second-order valence-electron chi connectivity index (χ2n) is 3.25. The van der Waals surface area contributed by atoms with Gasteiger partial charge in [0, 0.05) is 0 Å². The summed E-state index contributed by atoms with van der Waals surface area (Å²) in [6.07, 6.45) is 6.22. The van der Waals surface area contributed by atoms with Crippen LogP contribution in [0.25, 0.3) is 0 Å². The van der Waals surface area contributed by atoms with Crippen molar-refractivity contribution in [3.05, 3.63) is 10.8 Å². The van der Waals surface area contributed by atoms with E-state index in [1.54, 1.807) is 11.8 Å². The van der Waals surface area contributed by atoms with E-state index in [1.807, 2.05) is 6.20 Å². The molecule has 0 N–H and O–H groups in total. The van der Waals surface area contributed by atoms with Gasteiger partial charge in [-0.25, -0.2) is 4.68 Å². The maximum absolute atomic E-state index is 5.47. The highest BCUT2D eigenvalue weighted by atomic mass is 79.9. The van der Waals surface area contributed by atoms with E-state index in [-0.39, 0.29) is 0 Å². The lowest BCUT2D eigenvalue weighted by Gasteiger charge is -2.02. The highest BCUT2D eigenvalue weighted by molar-refractivity contribution is 9.10. The molecule has 6 heteroatoms. The van der Waals surface area contributed by atoms with Crippen LogP contribution in [0, 0.1) is 0 Å². The van der Waals surface area contributed by atoms with Crippen molar-refractivity contribution >= 4 is 26.8 Å². The average Bonchev–Trinajstić information content (AvgIpc) is 2.53. The fourth-order valence-corrected chi connectivity index (χ4v) is 1.89. The van der Waals surface area contributed by atoms with Crippen molar-refractivity contribution < 1.29 is 9.47 Å². The number of ether oxygens (including phenoxy) is 2. The molecule has 0 saturated heterocycles. The van der Waals surface area contributed by atoms with Crippen molar-refractivity contribution in [1.29, 1.82) is 0 Å². The Morgan fingerprint density at radius 2 is 2.27 bits per heavy atom. The van der Waals surface area contributed by atoms with Crippen LogP contribution in [0.4, 0.5) is 0 Å². The first-order chi connectivity index (χ1) is 7.13. The lowest BCUT2D eigenvalue weighted by Crippen LogP contribution is -2.11. The third kappa shape index (κ3) is 4.44. The second kappa shape index (κ2) is 6.40. The molecule has 0 amide bonds. The van der Waals surface area contributed by atoms with Gasteiger partial charge in [-0.05, 0) is 26.8 Å². The molecular formula is C9H16BrN2O2S+. The molecule has 0 aliphatic rings. The maximum Gasteiger partial charge on any atom is 0.171 e. The summed E-state index contributed by atoms with van der Waals surface area (Å²) < 4.78 is 13.0. The fraction of sp³-hybridized carbons (Fsp3) is 0.667. The normalized spacial score (nSPS) is 11.0. The Labute approximate surface area is 101 Å². The summed E-state index contributed by atoms with van der Waals surface area (Å²) in [6.45, 7) is 1.25. The molecule has 0 unspecified atom stereocenters. The summed E-state index contributed by atoms with van der Waals surface area (Å²) in [5.41, 5.74) is 0. The monoisotopic (exact) mass is 295 g/mol. The molecule has 4 nitrogen and oxygen atoms in total. The summed E-state index contributed by atoms with van der Waals surface area (Å²) in [5.74, 6) is 1.82. The van der Waals surface area contributed by atoms with Gasteiger partial charge in [0.2, 0.25) is 0 Å². The molecule has 1 aromatic rings. The van der Waals surface area contributed by atoms with E-state index >= 15 is 0 Å². The van der Waals surface area contributed by atoms with Crippen LogP contribution in [0.1, 0.15) is 0 Å². The second-order valence-corrected chi connectivity index (χ2v) is 6.39. The van der Waals surface area contributed by atoms with Crippen molar-refractivity contribution in [2.75, 3.05) is 32.0 Å². The first-order valence-electron chi connectivity index (χ1n) is 4.52. The first-order valence-corrected chi connectivity index (χ1v) is 7.52. The van der Waals surface area contributed by atoms with Crippen molar-refractivity contribution in [1.82, 2.24) is 9.78 Å². The zero-order chi connectivity index (χ0) is 11.3. The van der Waals surface area contributed by atoms with E-state index < -0.39 is 0 Å². The van der Waals surface area contributed by atoms with E-state index in [4.69, 9.17) is 9.47 Å². The summed E-state index contributed by atoms with van der Waals surface area (Å²) in [5, 5.41) is 4.18. The molecule has 0 fully saturated rings. The summed E-state index contributed by atoms with van der Waals surface area (Å²) >= 11 is 3.30. The van der Waals surface area contributed by atoms with Crippen molar-refractivity contribution in [3.63, 3.8) is 0 Å². The predicted octanol–water partition coefficient (Wildman–Crippen LogP) is 1.51. The number of rotatable bonds is 6. The zero-order valence-corrected chi connectivity index (χ0v) is 11.6. The standard InChI is InChI=1S/C9H16BrN2O2S/c1-13-8-6-12(11-9(8)10)7-14-4-5-15(2)3/h6H,4-5,7H2,1-3H3/q+1. The molecule has 0 aliphatic carbocycles. The Hall–Kier alpha value is -0.200. The van der Waals surface area contributed by atoms with Gasteiger partial charge in [-0.15, -0.1) is 0 Å². The molecule has 0 atom stereocenters. The van der Waals surface area contributed by atoms with Gasteiger partial charge in [0.05, 0.1) is 32.4 Å². The van der Waals surface area contributed by atoms with E-state index in [2.05, 4.69) is 33.5 Å². The molecular weight excluding hydrogens is 280 g/mol. The molecule has 0 spiro atoms. The lowest BCUT2D eigenvalue weighted by molar-refractivity contribution is 0.0806. The van der Waals surface area contributed by atoms with Gasteiger partial charge >= 0.3 is 0 Å². The number of hydrogen-bond acceptors (Lipinski definition) is 3. The minimum absolute atomic E-state index is 0.437. The molecule has 0 radical (unpaired) electrons. The SMILES string of the molecule is COc1cn(COCC[S+](C)C)nc1Br. The van der Waals surface area contributed by atoms with Crippen LogP contribution in [0.15, 0.2) is 10.8 Å². The fourth-order valence-electron chi connectivity index (χ4n) is 0.966. The first kappa shape index (κ1) is 12.9. The minimum Gasteiger partial charge on any atom is -0.492 e. The molecule has 0 aliphatic heterocycles. The van der Waals surface area contributed by atoms with Crippen LogP contribution >= 0.6 is 15.9 Å². The molecule has 1 heterocycles. The predicted molar refractivity (Wildman–Crippen MR) is 66.5 cm³/mol. The molecule has 86 valence electrons. The minimum atomic E-state index is 0.437. The smallest absolute Gasteiger partial charge is 0.171 e. The molecule has 15 heavy (non-hydrogen) atoms. The van der Waals surface area contributed by atoms with Crippen LogP contribution in [-0.4, -0.2) is 41.8 Å². The van der Waals surface area contributed by atoms with Gasteiger partial charge in [-0.2, -0.15) is 5.10 Å². The quantitative estimate of drug-likeness (QED) is 0.590. The maximum atomic E-state index is 5.47. The van der Waals surface area contributed by atoms with Gasteiger partial charge in [0.1, 0.15) is 12.5 Å². The van der Waals surface area contributed by atoms with Crippen LogP contribution in [0.5, 0.6) is 5.75 Å².